The molecule has 0 saturated carbocycles. The number of carbonyl (C=O) groups is 2. The summed E-state index contributed by atoms with van der Waals surface area (Å²) in [6, 6.07) is 7.37. The van der Waals surface area contributed by atoms with Gasteiger partial charge in [0.05, 0.1) is 0 Å². The summed E-state index contributed by atoms with van der Waals surface area (Å²) in [6.07, 6.45) is 0. The summed E-state index contributed by atoms with van der Waals surface area (Å²) in [5, 5.41) is 15.7. The molecule has 22 heavy (non-hydrogen) atoms. The molecule has 2 rings (SSSR count). The van der Waals surface area contributed by atoms with Crippen LogP contribution in [-0.2, 0) is 4.79 Å². The fraction of sp³-hybridized carbons (Fsp3) is 0.267. The number of benzene rings is 1. The van der Waals surface area contributed by atoms with Gasteiger partial charge in [0, 0.05) is 16.7 Å². The number of carboxylic acid groups (broad SMARTS) is 1. The van der Waals surface area contributed by atoms with Crippen LogP contribution in [0, 0.1) is 5.92 Å². The summed E-state index contributed by atoms with van der Waals surface area (Å²) in [4.78, 5) is 23.2. The van der Waals surface area contributed by atoms with Gasteiger partial charge in [0.1, 0.15) is 6.04 Å². The van der Waals surface area contributed by atoms with E-state index in [1.165, 1.54) is 6.07 Å². The molecule has 7 heteroatoms. The Balaban J connectivity index is 2.17. The molecule has 0 spiro atoms. The average Bonchev–Trinajstić information content (AvgIpc) is 2.93. The Kier molecular flexibility index (Phi) is 4.82. The van der Waals surface area contributed by atoms with Crippen molar-refractivity contribution in [3.8, 4) is 11.3 Å². The summed E-state index contributed by atoms with van der Waals surface area (Å²) in [5.74, 6) is -1.56. The molecule has 1 amide bonds. The smallest absolute Gasteiger partial charge is 0.326 e. The van der Waals surface area contributed by atoms with Gasteiger partial charge in [0.15, 0.2) is 11.5 Å². The molecule has 0 saturated heterocycles. The van der Waals surface area contributed by atoms with Gasteiger partial charge in [0.25, 0.3) is 5.91 Å². The summed E-state index contributed by atoms with van der Waals surface area (Å²) in [6.45, 7) is 3.42. The first-order valence-electron chi connectivity index (χ1n) is 6.65. The molecular formula is C15H15ClN2O4. The van der Waals surface area contributed by atoms with Crippen LogP contribution in [0.3, 0.4) is 0 Å². The van der Waals surface area contributed by atoms with Crippen molar-refractivity contribution >= 4 is 23.5 Å². The topological polar surface area (TPSA) is 92.4 Å². The second-order valence-electron chi connectivity index (χ2n) is 5.12. The number of halogens is 1. The van der Waals surface area contributed by atoms with Crippen LogP contribution in [0.5, 0.6) is 0 Å². The lowest BCUT2D eigenvalue weighted by Crippen LogP contribution is -2.44. The van der Waals surface area contributed by atoms with Crippen LogP contribution in [-0.4, -0.2) is 28.2 Å². The van der Waals surface area contributed by atoms with Gasteiger partial charge in [0.2, 0.25) is 0 Å². The summed E-state index contributed by atoms with van der Waals surface area (Å²) in [7, 11) is 0. The normalized spacial score (nSPS) is 12.2. The molecule has 0 aliphatic heterocycles. The fourth-order valence-electron chi connectivity index (χ4n) is 1.89. The van der Waals surface area contributed by atoms with E-state index in [1.54, 1.807) is 38.1 Å². The van der Waals surface area contributed by atoms with E-state index in [4.69, 9.17) is 21.2 Å². The largest absolute Gasteiger partial charge is 0.480 e. The number of rotatable bonds is 5. The SMILES string of the molecule is CC(C)[C@@H](NC(=O)c1cc(-c2cccc(Cl)c2)on1)C(=O)O. The van der Waals surface area contributed by atoms with Gasteiger partial charge in [-0.1, -0.05) is 42.7 Å². The first kappa shape index (κ1) is 16.0. The highest BCUT2D eigenvalue weighted by atomic mass is 35.5. The van der Waals surface area contributed by atoms with Crippen molar-refractivity contribution < 1.29 is 19.2 Å². The van der Waals surface area contributed by atoms with Crippen molar-refractivity contribution in [1.29, 1.82) is 0 Å². The van der Waals surface area contributed by atoms with E-state index in [-0.39, 0.29) is 11.6 Å². The molecule has 116 valence electrons. The molecule has 0 aliphatic rings. The predicted molar refractivity (Wildman–Crippen MR) is 80.7 cm³/mol. The Hall–Kier alpha value is -2.34. The number of amides is 1. The lowest BCUT2D eigenvalue weighted by Gasteiger charge is -2.16. The van der Waals surface area contributed by atoms with Gasteiger partial charge in [-0.05, 0) is 18.1 Å². The Morgan fingerprint density at radius 2 is 2.05 bits per heavy atom. The van der Waals surface area contributed by atoms with E-state index in [0.29, 0.717) is 16.3 Å². The molecule has 1 aromatic heterocycles. The van der Waals surface area contributed by atoms with E-state index >= 15 is 0 Å². The van der Waals surface area contributed by atoms with Crippen LogP contribution >= 0.6 is 11.6 Å². The zero-order valence-corrected chi connectivity index (χ0v) is 12.8. The Bertz CT molecular complexity index is 696. The van der Waals surface area contributed by atoms with E-state index in [0.717, 1.165) is 0 Å². The standard InChI is InChI=1S/C15H15ClN2O4/c1-8(2)13(15(20)21)17-14(19)11-7-12(22-18-11)9-4-3-5-10(16)6-9/h3-8,13H,1-2H3,(H,17,19)(H,20,21)/t13-/m1/s1. The molecule has 1 heterocycles. The first-order chi connectivity index (χ1) is 10.4. The minimum Gasteiger partial charge on any atom is -0.480 e. The minimum atomic E-state index is -1.10. The maximum absolute atomic E-state index is 12.1. The quantitative estimate of drug-likeness (QED) is 0.883. The minimum absolute atomic E-state index is 0.0156. The number of carboxylic acids is 1. The maximum atomic E-state index is 12.1. The molecule has 0 fully saturated rings. The van der Waals surface area contributed by atoms with Crippen LogP contribution in [0.1, 0.15) is 24.3 Å². The second kappa shape index (κ2) is 6.62. The molecule has 1 atom stereocenters. The first-order valence-corrected chi connectivity index (χ1v) is 7.02. The molecule has 0 aliphatic carbocycles. The van der Waals surface area contributed by atoms with E-state index < -0.39 is 17.9 Å². The molecule has 1 aromatic carbocycles. The van der Waals surface area contributed by atoms with Gasteiger partial charge in [-0.25, -0.2) is 4.79 Å². The summed E-state index contributed by atoms with van der Waals surface area (Å²) >= 11 is 5.90. The highest BCUT2D eigenvalue weighted by Gasteiger charge is 2.25. The number of carbonyl (C=O) groups excluding carboxylic acids is 1. The number of aliphatic carboxylic acids is 1. The Morgan fingerprint density at radius 1 is 1.32 bits per heavy atom. The summed E-state index contributed by atoms with van der Waals surface area (Å²) < 4.78 is 5.11. The zero-order chi connectivity index (χ0) is 16.3. The lowest BCUT2D eigenvalue weighted by atomic mass is 10.0. The number of hydrogen-bond acceptors (Lipinski definition) is 4. The van der Waals surface area contributed by atoms with Crippen LogP contribution in [0.2, 0.25) is 5.02 Å². The fourth-order valence-corrected chi connectivity index (χ4v) is 2.08. The lowest BCUT2D eigenvalue weighted by molar-refractivity contribution is -0.140. The van der Waals surface area contributed by atoms with Gasteiger partial charge >= 0.3 is 5.97 Å². The third-order valence-corrected chi connectivity index (χ3v) is 3.31. The van der Waals surface area contributed by atoms with Crippen molar-refractivity contribution in [3.63, 3.8) is 0 Å². The molecule has 2 N–H and O–H groups in total. The molecule has 0 bridgehead atoms. The van der Waals surface area contributed by atoms with Crippen LogP contribution in [0.4, 0.5) is 0 Å². The van der Waals surface area contributed by atoms with Gasteiger partial charge in [-0.15, -0.1) is 0 Å². The van der Waals surface area contributed by atoms with E-state index in [9.17, 15) is 9.59 Å². The van der Waals surface area contributed by atoms with Gasteiger partial charge in [-0.2, -0.15) is 0 Å². The van der Waals surface area contributed by atoms with Crippen LogP contribution in [0.15, 0.2) is 34.9 Å². The van der Waals surface area contributed by atoms with Gasteiger partial charge in [-0.3, -0.25) is 4.79 Å². The van der Waals surface area contributed by atoms with Crippen molar-refractivity contribution in [3.05, 3.63) is 41.0 Å². The van der Waals surface area contributed by atoms with E-state index in [2.05, 4.69) is 10.5 Å². The predicted octanol–water partition coefficient (Wildman–Crippen LogP) is 2.83. The van der Waals surface area contributed by atoms with Crippen LogP contribution in [0.25, 0.3) is 11.3 Å². The van der Waals surface area contributed by atoms with E-state index in [1.807, 2.05) is 0 Å². The zero-order valence-electron chi connectivity index (χ0n) is 12.0. The number of hydrogen-bond donors (Lipinski definition) is 2. The van der Waals surface area contributed by atoms with Gasteiger partial charge < -0.3 is 14.9 Å². The molecular weight excluding hydrogens is 308 g/mol. The second-order valence-corrected chi connectivity index (χ2v) is 5.56. The molecule has 2 aromatic rings. The van der Waals surface area contributed by atoms with Crippen molar-refractivity contribution in [2.75, 3.05) is 0 Å². The third kappa shape index (κ3) is 3.65. The Labute approximate surface area is 132 Å². The van der Waals surface area contributed by atoms with Crippen molar-refractivity contribution in [1.82, 2.24) is 10.5 Å². The summed E-state index contributed by atoms with van der Waals surface area (Å²) in [5.41, 5.74) is 0.694. The highest BCUT2D eigenvalue weighted by molar-refractivity contribution is 6.30. The molecule has 0 unspecified atom stereocenters. The number of nitrogens with one attached hydrogen (secondary N) is 1. The number of nitrogens with zero attached hydrogens (tertiary/aromatic N) is 1. The van der Waals surface area contributed by atoms with Crippen LogP contribution < -0.4 is 5.32 Å². The molecule has 0 radical (unpaired) electrons. The molecule has 6 nitrogen and oxygen atoms in total. The average molecular weight is 323 g/mol. The van der Waals surface area contributed by atoms with Crippen molar-refractivity contribution in [2.24, 2.45) is 5.92 Å². The maximum Gasteiger partial charge on any atom is 0.326 e. The van der Waals surface area contributed by atoms with Crippen molar-refractivity contribution in [2.45, 2.75) is 19.9 Å². The third-order valence-electron chi connectivity index (χ3n) is 3.07. The Morgan fingerprint density at radius 3 is 2.64 bits per heavy atom. The highest BCUT2D eigenvalue weighted by Crippen LogP contribution is 2.23. The monoisotopic (exact) mass is 322 g/mol. The number of aromatic nitrogens is 1.